The third-order valence-corrected chi connectivity index (χ3v) is 9.85. The van der Waals surface area contributed by atoms with Gasteiger partial charge in [0.25, 0.3) is 5.91 Å². The summed E-state index contributed by atoms with van der Waals surface area (Å²) >= 11 is 0. The number of amides is 1. The minimum atomic E-state index is -4.22. The number of Topliss-reactive ketones (excluding diaryl/α,β-unsaturated/α-hetero) is 1. The van der Waals surface area contributed by atoms with Crippen molar-refractivity contribution in [3.8, 4) is 11.4 Å². The molecule has 0 saturated heterocycles. The number of methoxy groups -OCH3 is 1. The van der Waals surface area contributed by atoms with Gasteiger partial charge in [0.2, 0.25) is 10.0 Å². The number of sulfonamides is 1. The van der Waals surface area contributed by atoms with Gasteiger partial charge in [0, 0.05) is 18.3 Å². The van der Waals surface area contributed by atoms with Crippen molar-refractivity contribution in [2.75, 3.05) is 33.5 Å². The van der Waals surface area contributed by atoms with Crippen molar-refractivity contribution in [1.82, 2.24) is 39.6 Å². The number of benzene rings is 2. The van der Waals surface area contributed by atoms with Crippen LogP contribution in [0.1, 0.15) is 65.7 Å². The summed E-state index contributed by atoms with van der Waals surface area (Å²) in [6, 6.07) is 8.84. The number of unbranched alkanes of at least 4 members (excludes halogenated alkanes) is 1. The van der Waals surface area contributed by atoms with Gasteiger partial charge in [0.05, 0.1) is 73.2 Å². The maximum Gasteiger partial charge on any atom is 0.335 e. The highest BCUT2D eigenvalue weighted by Crippen LogP contribution is 2.26. The number of ether oxygens (including phenoxy) is 2. The molecule has 2 aromatic heterocycles. The quantitative estimate of drug-likeness (QED) is 0.104. The number of aliphatic hydroxyl groups excluding tert-OH is 1. The number of carbonyl (C=O) groups excluding carboxylic acids is 2. The van der Waals surface area contributed by atoms with Crippen molar-refractivity contribution in [2.24, 2.45) is 5.92 Å². The highest BCUT2D eigenvalue weighted by atomic mass is 32.2. The Morgan fingerprint density at radius 3 is 2.35 bits per heavy atom. The Kier molecular flexibility index (Phi) is 14.1. The summed E-state index contributed by atoms with van der Waals surface area (Å²) in [5, 5.41) is 38.3. The minimum absolute atomic E-state index is 0.0563. The number of carboxylic acids is 1. The first-order valence-electron chi connectivity index (χ1n) is 16.7. The predicted molar refractivity (Wildman–Crippen MR) is 187 cm³/mol. The average molecular weight is 741 g/mol. The van der Waals surface area contributed by atoms with E-state index < -0.39 is 46.2 Å². The zero-order valence-corrected chi connectivity index (χ0v) is 30.3. The molecule has 18 heteroatoms. The summed E-state index contributed by atoms with van der Waals surface area (Å²) in [4.78, 5) is 37.4. The zero-order valence-electron chi connectivity index (χ0n) is 29.5. The SMILES string of the molecule is CCCCc1cn(-c2cc(C(=O)O)cc(C(=O)NCCOCCn3cc(CN([C@@H](C(=O)CO)C(C)C)S(=O)(=O)c4ccc(OC)cc4)nn3)c2)nn1. The molecule has 3 N–H and O–H groups in total. The number of carbonyl (C=O) groups is 3. The number of aromatic carboxylic acids is 1. The Bertz CT molecular complexity index is 1930. The molecular weight excluding hydrogens is 696 g/mol. The topological polar surface area (TPSA) is 221 Å². The summed E-state index contributed by atoms with van der Waals surface area (Å²) in [5.41, 5.74) is 1.50. The molecule has 0 aliphatic carbocycles. The zero-order chi connectivity index (χ0) is 37.8. The van der Waals surface area contributed by atoms with E-state index in [4.69, 9.17) is 9.47 Å². The van der Waals surface area contributed by atoms with Crippen molar-refractivity contribution in [3.63, 3.8) is 0 Å². The second kappa shape index (κ2) is 18.5. The number of rotatable bonds is 21. The molecule has 0 unspecified atom stereocenters. The fourth-order valence-corrected chi connectivity index (χ4v) is 7.06. The van der Waals surface area contributed by atoms with Crippen LogP contribution in [0.15, 0.2) is 59.8 Å². The smallest absolute Gasteiger partial charge is 0.335 e. The van der Waals surface area contributed by atoms with Crippen molar-refractivity contribution in [1.29, 1.82) is 0 Å². The monoisotopic (exact) mass is 740 g/mol. The van der Waals surface area contributed by atoms with Gasteiger partial charge < -0.3 is 25.0 Å². The number of hydrogen-bond donors (Lipinski definition) is 3. The molecule has 0 spiro atoms. The fraction of sp³-hybridized carbons (Fsp3) is 0.441. The molecule has 0 aliphatic rings. The van der Waals surface area contributed by atoms with E-state index in [-0.39, 0.29) is 54.6 Å². The number of aryl methyl sites for hydroxylation is 1. The summed E-state index contributed by atoms with van der Waals surface area (Å²) in [5.74, 6) is -2.33. The standard InChI is InChI=1S/C34H44N8O9S/c1-5-6-7-26-20-41(39-36-26)28-17-24(16-25(18-28)34(46)47)33(45)35-12-14-51-15-13-40-19-27(37-38-40)21-42(32(23(2)3)31(44)22-43)52(48,49)30-10-8-29(50-4)9-11-30/h8-11,16-20,23,32,43H,5-7,12-15,21-22H2,1-4H3,(H,35,45)(H,46,47)/t32-/m1/s1. The van der Waals surface area contributed by atoms with Crippen molar-refractivity contribution in [3.05, 3.63) is 77.4 Å². The number of ketones is 1. The van der Waals surface area contributed by atoms with E-state index in [1.54, 1.807) is 20.0 Å². The minimum Gasteiger partial charge on any atom is -0.497 e. The van der Waals surface area contributed by atoms with Crippen LogP contribution in [0, 0.1) is 5.92 Å². The van der Waals surface area contributed by atoms with Gasteiger partial charge in [0.1, 0.15) is 12.4 Å². The lowest BCUT2D eigenvalue weighted by Crippen LogP contribution is -2.48. The Morgan fingerprint density at radius 2 is 1.69 bits per heavy atom. The van der Waals surface area contributed by atoms with Crippen LogP contribution in [0.2, 0.25) is 0 Å². The van der Waals surface area contributed by atoms with Crippen LogP contribution in [0.25, 0.3) is 5.69 Å². The van der Waals surface area contributed by atoms with E-state index in [0.717, 1.165) is 29.3 Å². The van der Waals surface area contributed by atoms with Crippen LogP contribution in [0.3, 0.4) is 0 Å². The molecule has 4 rings (SSSR count). The van der Waals surface area contributed by atoms with E-state index in [1.807, 2.05) is 0 Å². The summed E-state index contributed by atoms with van der Waals surface area (Å²) in [6.45, 7) is 5.03. The van der Waals surface area contributed by atoms with Gasteiger partial charge in [-0.3, -0.25) is 9.59 Å². The van der Waals surface area contributed by atoms with E-state index >= 15 is 0 Å². The molecule has 0 fully saturated rings. The lowest BCUT2D eigenvalue weighted by atomic mass is 10.00. The second-order valence-electron chi connectivity index (χ2n) is 12.2. The number of carboxylic acid groups (broad SMARTS) is 1. The lowest BCUT2D eigenvalue weighted by molar-refractivity contribution is -0.127. The Hall–Kier alpha value is -5.04. The van der Waals surface area contributed by atoms with Crippen LogP contribution in [-0.4, -0.2) is 110 Å². The Morgan fingerprint density at radius 1 is 0.981 bits per heavy atom. The summed E-state index contributed by atoms with van der Waals surface area (Å²) < 4.78 is 42.3. The van der Waals surface area contributed by atoms with E-state index in [2.05, 4.69) is 32.9 Å². The van der Waals surface area contributed by atoms with E-state index in [0.29, 0.717) is 11.4 Å². The molecule has 1 amide bonds. The Balaban J connectivity index is 1.34. The highest BCUT2D eigenvalue weighted by molar-refractivity contribution is 7.89. The summed E-state index contributed by atoms with van der Waals surface area (Å²) in [6.07, 6.45) is 5.92. The van der Waals surface area contributed by atoms with Crippen LogP contribution in [0.4, 0.5) is 0 Å². The molecule has 2 aromatic carbocycles. The van der Waals surface area contributed by atoms with Crippen molar-refractivity contribution < 1.29 is 42.5 Å². The first-order chi connectivity index (χ1) is 24.9. The van der Waals surface area contributed by atoms with Gasteiger partial charge in [-0.2, -0.15) is 4.31 Å². The molecule has 4 aromatic rings. The molecule has 0 aliphatic heterocycles. The van der Waals surface area contributed by atoms with Gasteiger partial charge in [-0.25, -0.2) is 22.6 Å². The Labute approximate surface area is 301 Å². The molecule has 2 heterocycles. The number of nitrogens with one attached hydrogen (secondary N) is 1. The number of aliphatic hydroxyl groups is 1. The van der Waals surface area contributed by atoms with Crippen LogP contribution >= 0.6 is 0 Å². The number of nitrogens with zero attached hydrogens (tertiary/aromatic N) is 7. The van der Waals surface area contributed by atoms with Gasteiger partial charge in [-0.1, -0.05) is 37.6 Å². The molecule has 17 nitrogen and oxygen atoms in total. The molecule has 280 valence electrons. The summed E-state index contributed by atoms with van der Waals surface area (Å²) in [7, 11) is -2.76. The predicted octanol–water partition coefficient (Wildman–Crippen LogP) is 2.13. The van der Waals surface area contributed by atoms with E-state index in [1.165, 1.54) is 65.1 Å². The third kappa shape index (κ3) is 10.3. The van der Waals surface area contributed by atoms with E-state index in [9.17, 15) is 33.0 Å². The molecule has 1 atom stereocenters. The van der Waals surface area contributed by atoms with Crippen LogP contribution in [-0.2, 0) is 39.1 Å². The molecule has 0 saturated carbocycles. The molecule has 0 radical (unpaired) electrons. The molecular formula is C34H44N8O9S. The number of aromatic nitrogens is 6. The van der Waals surface area contributed by atoms with Gasteiger partial charge in [-0.15, -0.1) is 10.2 Å². The maximum absolute atomic E-state index is 13.8. The van der Waals surface area contributed by atoms with Gasteiger partial charge in [-0.05, 0) is 61.2 Å². The van der Waals surface area contributed by atoms with Gasteiger partial charge >= 0.3 is 5.97 Å². The molecule has 52 heavy (non-hydrogen) atoms. The highest BCUT2D eigenvalue weighted by Gasteiger charge is 2.38. The van der Waals surface area contributed by atoms with Crippen LogP contribution in [0.5, 0.6) is 5.75 Å². The van der Waals surface area contributed by atoms with Crippen molar-refractivity contribution in [2.45, 2.75) is 64.1 Å². The van der Waals surface area contributed by atoms with Crippen LogP contribution < -0.4 is 10.1 Å². The largest absolute Gasteiger partial charge is 0.497 e. The maximum atomic E-state index is 13.8. The molecule has 0 bridgehead atoms. The normalized spacial score (nSPS) is 12.3. The number of hydrogen-bond acceptors (Lipinski definition) is 12. The second-order valence-corrected chi connectivity index (χ2v) is 14.1. The van der Waals surface area contributed by atoms with Gasteiger partial charge in [0.15, 0.2) is 5.78 Å². The van der Waals surface area contributed by atoms with Crippen molar-refractivity contribution >= 4 is 27.7 Å². The first-order valence-corrected chi connectivity index (χ1v) is 18.2. The first kappa shape index (κ1) is 39.7. The lowest BCUT2D eigenvalue weighted by Gasteiger charge is -2.31. The fourth-order valence-electron chi connectivity index (χ4n) is 5.35. The third-order valence-electron chi connectivity index (χ3n) is 8.01. The average Bonchev–Trinajstić information content (AvgIpc) is 3.81.